The SMILES string of the molecule is CC(C)=C1C=C(c2ccccc2)Oc2ccccc21. The van der Waals surface area contributed by atoms with Crippen molar-refractivity contribution < 1.29 is 4.74 Å². The van der Waals surface area contributed by atoms with Gasteiger partial charge < -0.3 is 4.74 Å². The number of hydrogen-bond donors (Lipinski definition) is 0. The highest BCUT2D eigenvalue weighted by Crippen LogP contribution is 2.37. The maximum absolute atomic E-state index is 6.03. The molecule has 3 rings (SSSR count). The first-order chi connectivity index (χ1) is 9.25. The van der Waals surface area contributed by atoms with Crippen molar-refractivity contribution in [1.29, 1.82) is 0 Å². The van der Waals surface area contributed by atoms with Crippen LogP contribution in [-0.4, -0.2) is 0 Å². The van der Waals surface area contributed by atoms with E-state index in [1.165, 1.54) is 16.7 Å². The zero-order valence-electron chi connectivity index (χ0n) is 11.2. The highest BCUT2D eigenvalue weighted by molar-refractivity contribution is 5.89. The average Bonchev–Trinajstić information content (AvgIpc) is 2.47. The van der Waals surface area contributed by atoms with Crippen LogP contribution in [0.2, 0.25) is 0 Å². The molecule has 0 unspecified atom stereocenters. The normalized spacial score (nSPS) is 13.4. The number of benzene rings is 2. The molecule has 0 spiro atoms. The number of ether oxygens (including phenoxy) is 1. The molecular weight excluding hydrogens is 232 g/mol. The molecule has 0 amide bonds. The molecule has 1 aliphatic heterocycles. The molecule has 1 aliphatic rings. The summed E-state index contributed by atoms with van der Waals surface area (Å²) in [5, 5.41) is 0. The van der Waals surface area contributed by atoms with Gasteiger partial charge in [-0.15, -0.1) is 0 Å². The largest absolute Gasteiger partial charge is 0.456 e. The molecule has 0 N–H and O–H groups in total. The summed E-state index contributed by atoms with van der Waals surface area (Å²) in [6.07, 6.45) is 2.13. The summed E-state index contributed by atoms with van der Waals surface area (Å²) >= 11 is 0. The fraction of sp³-hybridized carbons (Fsp3) is 0.111. The van der Waals surface area contributed by atoms with Crippen LogP contribution in [-0.2, 0) is 0 Å². The zero-order chi connectivity index (χ0) is 13.2. The summed E-state index contributed by atoms with van der Waals surface area (Å²) in [4.78, 5) is 0. The molecule has 0 aliphatic carbocycles. The number of rotatable bonds is 1. The van der Waals surface area contributed by atoms with Crippen LogP contribution in [0.5, 0.6) is 5.75 Å². The molecule has 0 saturated carbocycles. The number of para-hydroxylation sites is 1. The third-order valence-corrected chi connectivity index (χ3v) is 3.27. The van der Waals surface area contributed by atoms with Crippen molar-refractivity contribution in [2.75, 3.05) is 0 Å². The zero-order valence-corrected chi connectivity index (χ0v) is 11.2. The molecule has 0 atom stereocenters. The Bertz CT molecular complexity index is 659. The molecule has 1 nitrogen and oxygen atoms in total. The lowest BCUT2D eigenvalue weighted by Gasteiger charge is -2.21. The van der Waals surface area contributed by atoms with E-state index in [0.717, 1.165) is 17.1 Å². The van der Waals surface area contributed by atoms with Crippen LogP contribution in [0.15, 0.2) is 66.2 Å². The second kappa shape index (κ2) is 4.77. The van der Waals surface area contributed by atoms with E-state index in [1.54, 1.807) is 0 Å². The van der Waals surface area contributed by atoms with Crippen molar-refractivity contribution >= 4 is 11.3 Å². The van der Waals surface area contributed by atoms with Crippen molar-refractivity contribution in [2.45, 2.75) is 13.8 Å². The molecule has 2 aromatic carbocycles. The summed E-state index contributed by atoms with van der Waals surface area (Å²) in [7, 11) is 0. The summed E-state index contributed by atoms with van der Waals surface area (Å²) in [5.41, 5.74) is 4.82. The molecule has 0 saturated heterocycles. The second-order valence-corrected chi connectivity index (χ2v) is 4.89. The van der Waals surface area contributed by atoms with Gasteiger partial charge in [-0.25, -0.2) is 0 Å². The van der Waals surface area contributed by atoms with Gasteiger partial charge in [0.1, 0.15) is 11.5 Å². The van der Waals surface area contributed by atoms with Gasteiger partial charge in [0, 0.05) is 11.1 Å². The van der Waals surface area contributed by atoms with Gasteiger partial charge in [-0.05, 0) is 31.6 Å². The van der Waals surface area contributed by atoms with E-state index in [1.807, 2.05) is 36.4 Å². The standard InChI is InChI=1S/C18H16O/c1-13(2)16-12-18(14-8-4-3-5-9-14)19-17-11-7-6-10-15(16)17/h3-12H,1-2H3. The van der Waals surface area contributed by atoms with Crippen molar-refractivity contribution in [3.8, 4) is 5.75 Å². The van der Waals surface area contributed by atoms with Gasteiger partial charge in [0.2, 0.25) is 0 Å². The Balaban J connectivity index is 2.15. The highest BCUT2D eigenvalue weighted by atomic mass is 16.5. The molecule has 94 valence electrons. The minimum Gasteiger partial charge on any atom is -0.456 e. The predicted molar refractivity (Wildman–Crippen MR) is 79.8 cm³/mol. The number of fused-ring (bicyclic) bond motifs is 1. The second-order valence-electron chi connectivity index (χ2n) is 4.89. The van der Waals surface area contributed by atoms with E-state index in [4.69, 9.17) is 4.74 Å². The smallest absolute Gasteiger partial charge is 0.135 e. The average molecular weight is 248 g/mol. The van der Waals surface area contributed by atoms with Crippen LogP contribution in [0.4, 0.5) is 0 Å². The Hall–Kier alpha value is -2.28. The van der Waals surface area contributed by atoms with Gasteiger partial charge in [-0.1, -0.05) is 54.1 Å². The highest BCUT2D eigenvalue weighted by Gasteiger charge is 2.17. The summed E-state index contributed by atoms with van der Waals surface area (Å²) < 4.78 is 6.03. The maximum atomic E-state index is 6.03. The van der Waals surface area contributed by atoms with Crippen molar-refractivity contribution in [1.82, 2.24) is 0 Å². The molecule has 0 fully saturated rings. The van der Waals surface area contributed by atoms with Gasteiger partial charge in [0.25, 0.3) is 0 Å². The molecule has 1 heterocycles. The Morgan fingerprint density at radius 3 is 2.26 bits per heavy atom. The molecule has 0 radical (unpaired) electrons. The Labute approximate surface area is 113 Å². The lowest BCUT2D eigenvalue weighted by Crippen LogP contribution is -2.04. The van der Waals surface area contributed by atoms with Crippen LogP contribution >= 0.6 is 0 Å². The third kappa shape index (κ3) is 2.19. The monoisotopic (exact) mass is 248 g/mol. The first kappa shape index (κ1) is 11.8. The van der Waals surface area contributed by atoms with Gasteiger partial charge in [0.15, 0.2) is 0 Å². The van der Waals surface area contributed by atoms with E-state index >= 15 is 0 Å². The minimum atomic E-state index is 0.913. The molecule has 0 aromatic heterocycles. The van der Waals surface area contributed by atoms with Crippen molar-refractivity contribution in [2.24, 2.45) is 0 Å². The maximum Gasteiger partial charge on any atom is 0.135 e. The first-order valence-electron chi connectivity index (χ1n) is 6.47. The van der Waals surface area contributed by atoms with E-state index in [0.29, 0.717) is 0 Å². The number of hydrogen-bond acceptors (Lipinski definition) is 1. The van der Waals surface area contributed by atoms with Gasteiger partial charge in [-0.3, -0.25) is 0 Å². The minimum absolute atomic E-state index is 0.913. The lowest BCUT2D eigenvalue weighted by molar-refractivity contribution is 0.509. The fourth-order valence-corrected chi connectivity index (χ4v) is 2.29. The van der Waals surface area contributed by atoms with E-state index in [9.17, 15) is 0 Å². The first-order valence-corrected chi connectivity index (χ1v) is 6.47. The van der Waals surface area contributed by atoms with Crippen LogP contribution < -0.4 is 4.74 Å². The van der Waals surface area contributed by atoms with Gasteiger partial charge in [0.05, 0.1) is 0 Å². The molecule has 1 heteroatoms. The summed E-state index contributed by atoms with van der Waals surface area (Å²) in [6.45, 7) is 4.27. The van der Waals surface area contributed by atoms with Crippen molar-refractivity contribution in [3.63, 3.8) is 0 Å². The molecule has 0 bridgehead atoms. The fourth-order valence-electron chi connectivity index (χ4n) is 2.29. The van der Waals surface area contributed by atoms with E-state index in [2.05, 4.69) is 38.1 Å². The Morgan fingerprint density at radius 1 is 0.842 bits per heavy atom. The summed E-state index contributed by atoms with van der Waals surface area (Å²) in [6, 6.07) is 18.4. The van der Waals surface area contributed by atoms with Crippen LogP contribution in [0, 0.1) is 0 Å². The van der Waals surface area contributed by atoms with E-state index < -0.39 is 0 Å². The third-order valence-electron chi connectivity index (χ3n) is 3.27. The molecule has 2 aromatic rings. The van der Waals surface area contributed by atoms with Gasteiger partial charge >= 0.3 is 0 Å². The van der Waals surface area contributed by atoms with Crippen LogP contribution in [0.1, 0.15) is 25.0 Å². The lowest BCUT2D eigenvalue weighted by atomic mass is 9.96. The Morgan fingerprint density at radius 2 is 1.53 bits per heavy atom. The van der Waals surface area contributed by atoms with Crippen molar-refractivity contribution in [3.05, 3.63) is 77.4 Å². The van der Waals surface area contributed by atoms with Crippen LogP contribution in [0.3, 0.4) is 0 Å². The summed E-state index contributed by atoms with van der Waals surface area (Å²) in [5.74, 6) is 1.84. The quantitative estimate of drug-likeness (QED) is 0.696. The predicted octanol–water partition coefficient (Wildman–Crippen LogP) is 4.91. The number of allylic oxidation sites excluding steroid dienone is 3. The molecule has 19 heavy (non-hydrogen) atoms. The van der Waals surface area contributed by atoms with E-state index in [-0.39, 0.29) is 0 Å². The Kier molecular flexibility index (Phi) is 2.96. The molecular formula is C18H16O. The van der Waals surface area contributed by atoms with Gasteiger partial charge in [-0.2, -0.15) is 0 Å². The topological polar surface area (TPSA) is 9.23 Å². The van der Waals surface area contributed by atoms with Crippen LogP contribution in [0.25, 0.3) is 11.3 Å².